The summed E-state index contributed by atoms with van der Waals surface area (Å²) in [4.78, 5) is 11.9. The molecule has 0 saturated heterocycles. The van der Waals surface area contributed by atoms with Crippen molar-refractivity contribution in [2.24, 2.45) is 0 Å². The summed E-state index contributed by atoms with van der Waals surface area (Å²) in [6, 6.07) is 7.14. The molecule has 0 saturated carbocycles. The SMILES string of the molecule is C[Si](C)(C)CNC(=O)c1ccccc1CO. The van der Waals surface area contributed by atoms with Crippen molar-refractivity contribution in [1.29, 1.82) is 0 Å². The number of amides is 1. The Morgan fingerprint density at radius 1 is 1.31 bits per heavy atom. The second-order valence-electron chi connectivity index (χ2n) is 5.06. The summed E-state index contributed by atoms with van der Waals surface area (Å²) in [5, 5.41) is 12.0. The highest BCUT2D eigenvalue weighted by atomic mass is 28.3. The molecule has 0 radical (unpaired) electrons. The van der Waals surface area contributed by atoms with Crippen LogP contribution in [0.25, 0.3) is 0 Å². The fourth-order valence-corrected chi connectivity index (χ4v) is 2.01. The highest BCUT2D eigenvalue weighted by molar-refractivity contribution is 6.76. The number of nitrogens with one attached hydrogen (secondary N) is 1. The molecule has 0 fully saturated rings. The molecule has 1 aromatic carbocycles. The van der Waals surface area contributed by atoms with Gasteiger partial charge in [0.25, 0.3) is 5.91 Å². The maximum Gasteiger partial charge on any atom is 0.251 e. The van der Waals surface area contributed by atoms with E-state index in [0.717, 1.165) is 6.17 Å². The predicted molar refractivity (Wildman–Crippen MR) is 68.0 cm³/mol. The lowest BCUT2D eigenvalue weighted by Crippen LogP contribution is -2.40. The Labute approximate surface area is 97.5 Å². The third-order valence-corrected chi connectivity index (χ3v) is 3.45. The summed E-state index contributed by atoms with van der Waals surface area (Å²) in [6.45, 7) is 6.50. The van der Waals surface area contributed by atoms with E-state index in [1.165, 1.54) is 0 Å². The van der Waals surface area contributed by atoms with Gasteiger partial charge in [-0.25, -0.2) is 0 Å². The normalized spacial score (nSPS) is 11.2. The fourth-order valence-electron chi connectivity index (χ4n) is 1.32. The van der Waals surface area contributed by atoms with Crippen LogP contribution in [0.3, 0.4) is 0 Å². The molecule has 3 nitrogen and oxygen atoms in total. The van der Waals surface area contributed by atoms with Gasteiger partial charge in [0.05, 0.1) is 14.7 Å². The molecule has 0 aromatic heterocycles. The van der Waals surface area contributed by atoms with E-state index in [1.54, 1.807) is 12.1 Å². The molecule has 2 N–H and O–H groups in total. The average Bonchev–Trinajstić information content (AvgIpc) is 2.25. The molecule has 0 bridgehead atoms. The van der Waals surface area contributed by atoms with Crippen LogP contribution in [0.2, 0.25) is 19.6 Å². The van der Waals surface area contributed by atoms with Gasteiger partial charge in [-0.2, -0.15) is 0 Å². The lowest BCUT2D eigenvalue weighted by Gasteiger charge is -2.17. The quantitative estimate of drug-likeness (QED) is 0.784. The molecule has 0 aliphatic heterocycles. The van der Waals surface area contributed by atoms with Gasteiger partial charge < -0.3 is 10.4 Å². The van der Waals surface area contributed by atoms with Crippen molar-refractivity contribution in [1.82, 2.24) is 5.32 Å². The van der Waals surface area contributed by atoms with Gasteiger partial charge in [0.2, 0.25) is 0 Å². The Morgan fingerprint density at radius 2 is 1.94 bits per heavy atom. The third kappa shape index (κ3) is 3.79. The number of rotatable bonds is 4. The molecule has 0 aliphatic carbocycles. The van der Waals surface area contributed by atoms with Crippen molar-refractivity contribution in [2.75, 3.05) is 6.17 Å². The van der Waals surface area contributed by atoms with E-state index in [1.807, 2.05) is 12.1 Å². The summed E-state index contributed by atoms with van der Waals surface area (Å²) in [7, 11) is -1.27. The van der Waals surface area contributed by atoms with Crippen molar-refractivity contribution in [2.45, 2.75) is 26.2 Å². The Morgan fingerprint density at radius 3 is 2.50 bits per heavy atom. The lowest BCUT2D eigenvalue weighted by molar-refractivity contribution is 0.0956. The largest absolute Gasteiger partial charge is 0.392 e. The first-order valence-electron chi connectivity index (χ1n) is 5.41. The van der Waals surface area contributed by atoms with Crippen molar-refractivity contribution >= 4 is 14.0 Å². The summed E-state index contributed by atoms with van der Waals surface area (Å²) in [6.07, 6.45) is 0.756. The van der Waals surface area contributed by atoms with Crippen molar-refractivity contribution < 1.29 is 9.90 Å². The van der Waals surface area contributed by atoms with E-state index in [-0.39, 0.29) is 12.5 Å². The van der Waals surface area contributed by atoms with Crippen LogP contribution in [0.15, 0.2) is 24.3 Å². The molecule has 88 valence electrons. The predicted octanol–water partition coefficient (Wildman–Crippen LogP) is 1.79. The van der Waals surface area contributed by atoms with Crippen LogP contribution in [0, 0.1) is 0 Å². The lowest BCUT2D eigenvalue weighted by atomic mass is 10.1. The van der Waals surface area contributed by atoms with E-state index in [9.17, 15) is 4.79 Å². The molecule has 4 heteroatoms. The van der Waals surface area contributed by atoms with Crippen LogP contribution < -0.4 is 5.32 Å². The Hall–Kier alpha value is -1.13. The van der Waals surface area contributed by atoms with Crippen LogP contribution >= 0.6 is 0 Å². The second-order valence-corrected chi connectivity index (χ2v) is 10.5. The Bertz CT molecular complexity index is 372. The van der Waals surface area contributed by atoms with Crippen molar-refractivity contribution in [3.63, 3.8) is 0 Å². The molecule has 1 aromatic rings. The number of aliphatic hydroxyl groups is 1. The van der Waals surface area contributed by atoms with Crippen LogP contribution in [0.5, 0.6) is 0 Å². The minimum atomic E-state index is -1.27. The third-order valence-electron chi connectivity index (χ3n) is 2.21. The van der Waals surface area contributed by atoms with Gasteiger partial charge in [-0.3, -0.25) is 4.79 Å². The number of benzene rings is 1. The molecule has 0 heterocycles. The first-order valence-corrected chi connectivity index (χ1v) is 9.12. The summed E-state index contributed by atoms with van der Waals surface area (Å²) in [5.41, 5.74) is 1.25. The number of carbonyl (C=O) groups excluding carboxylic acids is 1. The zero-order chi connectivity index (χ0) is 12.2. The highest BCUT2D eigenvalue weighted by Crippen LogP contribution is 2.08. The molecule has 16 heavy (non-hydrogen) atoms. The average molecular weight is 237 g/mol. The van der Waals surface area contributed by atoms with Crippen LogP contribution in [-0.2, 0) is 6.61 Å². The number of hydrogen-bond acceptors (Lipinski definition) is 2. The van der Waals surface area contributed by atoms with Gasteiger partial charge in [0, 0.05) is 11.7 Å². The number of carbonyl (C=O) groups is 1. The van der Waals surface area contributed by atoms with Crippen molar-refractivity contribution in [3.8, 4) is 0 Å². The monoisotopic (exact) mass is 237 g/mol. The van der Waals surface area contributed by atoms with Crippen LogP contribution in [0.1, 0.15) is 15.9 Å². The van der Waals surface area contributed by atoms with Gasteiger partial charge >= 0.3 is 0 Å². The second kappa shape index (κ2) is 5.27. The fraction of sp³-hybridized carbons (Fsp3) is 0.417. The van der Waals surface area contributed by atoms with E-state index < -0.39 is 8.07 Å². The standard InChI is InChI=1S/C12H19NO2Si/c1-16(2,3)9-13-12(15)11-7-5-4-6-10(11)8-14/h4-7,14H,8-9H2,1-3H3,(H,13,15). The molecule has 0 atom stereocenters. The maximum absolute atomic E-state index is 11.9. The first-order chi connectivity index (χ1) is 7.44. The topological polar surface area (TPSA) is 49.3 Å². The molecule has 0 unspecified atom stereocenters. The van der Waals surface area contributed by atoms with Crippen LogP contribution in [-0.4, -0.2) is 25.3 Å². The molecule has 0 aliphatic rings. The molecule has 1 rings (SSSR count). The smallest absolute Gasteiger partial charge is 0.251 e. The van der Waals surface area contributed by atoms with E-state index in [0.29, 0.717) is 11.1 Å². The first kappa shape index (κ1) is 12.9. The van der Waals surface area contributed by atoms with Crippen LogP contribution in [0.4, 0.5) is 0 Å². The summed E-state index contributed by atoms with van der Waals surface area (Å²) < 4.78 is 0. The zero-order valence-corrected chi connectivity index (χ0v) is 11.1. The van der Waals surface area contributed by atoms with E-state index in [2.05, 4.69) is 25.0 Å². The summed E-state index contributed by atoms with van der Waals surface area (Å²) in [5.74, 6) is -0.0907. The van der Waals surface area contributed by atoms with Crippen molar-refractivity contribution in [3.05, 3.63) is 35.4 Å². The minimum absolute atomic E-state index is 0.0907. The Balaban J connectivity index is 2.73. The maximum atomic E-state index is 11.9. The van der Waals surface area contributed by atoms with Gasteiger partial charge in [-0.05, 0) is 11.6 Å². The van der Waals surface area contributed by atoms with Gasteiger partial charge in [-0.15, -0.1) is 0 Å². The molecule has 0 spiro atoms. The molecular formula is C12H19NO2Si. The van der Waals surface area contributed by atoms with Gasteiger partial charge in [0.1, 0.15) is 0 Å². The van der Waals surface area contributed by atoms with E-state index in [4.69, 9.17) is 5.11 Å². The van der Waals surface area contributed by atoms with Gasteiger partial charge in [0.15, 0.2) is 0 Å². The zero-order valence-electron chi connectivity index (χ0n) is 10.1. The molecule has 1 amide bonds. The summed E-state index contributed by atoms with van der Waals surface area (Å²) >= 11 is 0. The van der Waals surface area contributed by atoms with E-state index >= 15 is 0 Å². The molecular weight excluding hydrogens is 218 g/mol. The van der Waals surface area contributed by atoms with Gasteiger partial charge in [-0.1, -0.05) is 37.8 Å². The highest BCUT2D eigenvalue weighted by Gasteiger charge is 2.16. The number of aliphatic hydroxyl groups excluding tert-OH is 1. The minimum Gasteiger partial charge on any atom is -0.392 e. The number of hydrogen-bond donors (Lipinski definition) is 2. The Kier molecular flexibility index (Phi) is 4.26.